The molecule has 0 saturated carbocycles. The third kappa shape index (κ3) is 2.82. The minimum Gasteiger partial charge on any atom is -0.361 e. The van der Waals surface area contributed by atoms with Gasteiger partial charge in [-0.05, 0) is 30.5 Å². The average Bonchev–Trinajstić information content (AvgIpc) is 2.82. The summed E-state index contributed by atoms with van der Waals surface area (Å²) in [6.07, 6.45) is 3.92. The Balaban J connectivity index is 2.08. The monoisotopic (exact) mass is 248 g/mol. The molecule has 4 heteroatoms. The van der Waals surface area contributed by atoms with Crippen LogP contribution in [0.25, 0.3) is 10.9 Å². The first kappa shape index (κ1) is 12.0. The minimum absolute atomic E-state index is 0.00556. The van der Waals surface area contributed by atoms with Crippen LogP contribution in [0.4, 0.5) is 0 Å². The van der Waals surface area contributed by atoms with Crippen LogP contribution >= 0.6 is 11.8 Å². The number of aromatic nitrogens is 1. The summed E-state index contributed by atoms with van der Waals surface area (Å²) in [5.41, 5.74) is 1.77. The molecule has 0 bridgehead atoms. The molecule has 0 radical (unpaired) electrons. The van der Waals surface area contributed by atoms with Crippen molar-refractivity contribution >= 4 is 28.6 Å². The number of rotatable bonds is 4. The fraction of sp³-hybridized carbons (Fsp3) is 0.308. The van der Waals surface area contributed by atoms with E-state index in [1.54, 1.807) is 11.8 Å². The fourth-order valence-electron chi connectivity index (χ4n) is 1.62. The standard InChI is InChI=1S/C13H16N2OS/c1-9(17-2)8-15-13(16)11-3-4-12-10(7-11)5-6-14-12/h3-7,9,14H,8H2,1-2H3,(H,15,16). The Labute approximate surface area is 105 Å². The Morgan fingerprint density at radius 1 is 1.47 bits per heavy atom. The van der Waals surface area contributed by atoms with Gasteiger partial charge in [-0.1, -0.05) is 6.92 Å². The summed E-state index contributed by atoms with van der Waals surface area (Å²) in [5, 5.41) is 4.44. The molecule has 1 heterocycles. The third-order valence-electron chi connectivity index (χ3n) is 2.77. The molecule has 17 heavy (non-hydrogen) atoms. The second kappa shape index (κ2) is 5.27. The van der Waals surface area contributed by atoms with Gasteiger partial charge in [0.2, 0.25) is 0 Å². The van der Waals surface area contributed by atoms with Gasteiger partial charge >= 0.3 is 0 Å². The first-order valence-corrected chi connectivity index (χ1v) is 6.87. The predicted octanol–water partition coefficient (Wildman–Crippen LogP) is 2.65. The highest BCUT2D eigenvalue weighted by atomic mass is 32.2. The maximum Gasteiger partial charge on any atom is 0.251 e. The highest BCUT2D eigenvalue weighted by Gasteiger charge is 2.07. The van der Waals surface area contributed by atoms with E-state index in [0.29, 0.717) is 17.4 Å². The van der Waals surface area contributed by atoms with Crippen molar-refractivity contribution < 1.29 is 4.79 Å². The van der Waals surface area contributed by atoms with Gasteiger partial charge in [0.05, 0.1) is 0 Å². The number of benzene rings is 1. The predicted molar refractivity (Wildman–Crippen MR) is 73.6 cm³/mol. The molecule has 0 aliphatic carbocycles. The minimum atomic E-state index is -0.00556. The van der Waals surface area contributed by atoms with E-state index in [0.717, 1.165) is 10.9 Å². The number of carbonyl (C=O) groups excluding carboxylic acids is 1. The lowest BCUT2D eigenvalue weighted by molar-refractivity contribution is 0.0954. The third-order valence-corrected chi connectivity index (χ3v) is 3.74. The van der Waals surface area contributed by atoms with Crippen LogP contribution in [0.3, 0.4) is 0 Å². The second-order valence-corrected chi connectivity index (χ2v) is 5.31. The van der Waals surface area contributed by atoms with E-state index in [-0.39, 0.29) is 5.91 Å². The number of aromatic amines is 1. The molecule has 90 valence electrons. The lowest BCUT2D eigenvalue weighted by Crippen LogP contribution is -2.29. The van der Waals surface area contributed by atoms with Gasteiger partial charge in [0.1, 0.15) is 0 Å². The van der Waals surface area contributed by atoms with Crippen molar-refractivity contribution in [1.82, 2.24) is 10.3 Å². The van der Waals surface area contributed by atoms with Crippen LogP contribution in [0.15, 0.2) is 30.5 Å². The number of hydrogen-bond acceptors (Lipinski definition) is 2. The Kier molecular flexibility index (Phi) is 3.74. The molecular formula is C13H16N2OS. The maximum absolute atomic E-state index is 11.9. The van der Waals surface area contributed by atoms with E-state index in [9.17, 15) is 4.79 Å². The summed E-state index contributed by atoms with van der Waals surface area (Å²) in [5.74, 6) is -0.00556. The Morgan fingerprint density at radius 2 is 2.29 bits per heavy atom. The summed E-state index contributed by atoms with van der Waals surface area (Å²) in [6.45, 7) is 2.80. The topological polar surface area (TPSA) is 44.9 Å². The van der Waals surface area contributed by atoms with Crippen LogP contribution in [0.5, 0.6) is 0 Å². The van der Waals surface area contributed by atoms with Crippen molar-refractivity contribution in [3.63, 3.8) is 0 Å². The number of amides is 1. The zero-order valence-electron chi connectivity index (χ0n) is 9.99. The number of fused-ring (bicyclic) bond motifs is 1. The molecule has 2 aromatic rings. The molecule has 0 aliphatic rings. The lowest BCUT2D eigenvalue weighted by atomic mass is 10.1. The van der Waals surface area contributed by atoms with Crippen molar-refractivity contribution in [2.75, 3.05) is 12.8 Å². The number of carbonyl (C=O) groups is 1. The van der Waals surface area contributed by atoms with E-state index in [1.165, 1.54) is 0 Å². The zero-order valence-corrected chi connectivity index (χ0v) is 10.8. The lowest BCUT2D eigenvalue weighted by Gasteiger charge is -2.09. The fourth-order valence-corrected chi connectivity index (χ4v) is 1.87. The van der Waals surface area contributed by atoms with Crippen molar-refractivity contribution in [2.24, 2.45) is 0 Å². The largest absolute Gasteiger partial charge is 0.361 e. The molecule has 0 fully saturated rings. The van der Waals surface area contributed by atoms with Gasteiger partial charge in [0, 0.05) is 34.5 Å². The zero-order chi connectivity index (χ0) is 12.3. The Bertz CT molecular complexity index is 521. The smallest absolute Gasteiger partial charge is 0.251 e. The molecule has 0 aliphatic heterocycles. The summed E-state index contributed by atoms with van der Waals surface area (Å²) in [6, 6.07) is 7.65. The van der Waals surface area contributed by atoms with Crippen LogP contribution in [0.1, 0.15) is 17.3 Å². The summed E-state index contributed by atoms with van der Waals surface area (Å²) < 4.78 is 0. The molecular weight excluding hydrogens is 232 g/mol. The first-order chi connectivity index (χ1) is 8.20. The van der Waals surface area contributed by atoms with Crippen LogP contribution in [-0.4, -0.2) is 28.9 Å². The molecule has 1 aromatic heterocycles. The quantitative estimate of drug-likeness (QED) is 0.873. The maximum atomic E-state index is 11.9. The molecule has 1 atom stereocenters. The summed E-state index contributed by atoms with van der Waals surface area (Å²) in [4.78, 5) is 15.0. The normalized spacial score (nSPS) is 12.6. The van der Waals surface area contributed by atoms with Crippen molar-refractivity contribution in [1.29, 1.82) is 0 Å². The van der Waals surface area contributed by atoms with Gasteiger partial charge in [-0.3, -0.25) is 4.79 Å². The van der Waals surface area contributed by atoms with E-state index >= 15 is 0 Å². The highest BCUT2D eigenvalue weighted by Crippen LogP contribution is 2.14. The van der Waals surface area contributed by atoms with Crippen LogP contribution in [0, 0.1) is 0 Å². The van der Waals surface area contributed by atoms with Crippen LogP contribution in [0.2, 0.25) is 0 Å². The molecule has 1 aromatic carbocycles. The van der Waals surface area contributed by atoms with Gasteiger partial charge in [0.25, 0.3) is 5.91 Å². The number of thioether (sulfide) groups is 1. The van der Waals surface area contributed by atoms with Crippen molar-refractivity contribution in [3.05, 3.63) is 36.0 Å². The van der Waals surface area contributed by atoms with Crippen LogP contribution in [-0.2, 0) is 0 Å². The summed E-state index contributed by atoms with van der Waals surface area (Å²) >= 11 is 1.75. The number of H-pyrrole nitrogens is 1. The van der Waals surface area contributed by atoms with Gasteiger partial charge in [-0.15, -0.1) is 0 Å². The van der Waals surface area contributed by atoms with Gasteiger partial charge in [-0.25, -0.2) is 0 Å². The van der Waals surface area contributed by atoms with E-state index in [4.69, 9.17) is 0 Å². The van der Waals surface area contributed by atoms with Gasteiger partial charge in [0.15, 0.2) is 0 Å². The van der Waals surface area contributed by atoms with Crippen LogP contribution < -0.4 is 5.32 Å². The summed E-state index contributed by atoms with van der Waals surface area (Å²) in [7, 11) is 0. The van der Waals surface area contributed by atoms with Crippen molar-refractivity contribution in [2.45, 2.75) is 12.2 Å². The first-order valence-electron chi connectivity index (χ1n) is 5.59. The van der Waals surface area contributed by atoms with Crippen molar-refractivity contribution in [3.8, 4) is 0 Å². The molecule has 2 N–H and O–H groups in total. The number of hydrogen-bond donors (Lipinski definition) is 2. The second-order valence-electron chi connectivity index (χ2n) is 4.04. The molecule has 3 nitrogen and oxygen atoms in total. The highest BCUT2D eigenvalue weighted by molar-refractivity contribution is 7.99. The Morgan fingerprint density at radius 3 is 3.06 bits per heavy atom. The van der Waals surface area contributed by atoms with Gasteiger partial charge in [-0.2, -0.15) is 11.8 Å². The van der Waals surface area contributed by atoms with Gasteiger partial charge < -0.3 is 10.3 Å². The Hall–Kier alpha value is -1.42. The van der Waals surface area contributed by atoms with E-state index < -0.39 is 0 Å². The molecule has 1 unspecified atom stereocenters. The molecule has 0 saturated heterocycles. The molecule has 0 spiro atoms. The molecule has 2 rings (SSSR count). The number of nitrogens with one attached hydrogen (secondary N) is 2. The van der Waals surface area contributed by atoms with E-state index in [1.807, 2.05) is 36.7 Å². The molecule has 1 amide bonds. The van der Waals surface area contributed by atoms with E-state index in [2.05, 4.69) is 17.2 Å². The SMILES string of the molecule is CSC(C)CNC(=O)c1ccc2[nH]ccc2c1. The average molecular weight is 248 g/mol.